The molecule has 1 atom stereocenters. The van der Waals surface area contributed by atoms with Gasteiger partial charge >= 0.3 is 0 Å². The van der Waals surface area contributed by atoms with Crippen LogP contribution >= 0.6 is 11.6 Å². The molecule has 0 aliphatic carbocycles. The molecule has 0 saturated carbocycles. The fraction of sp³-hybridized carbons (Fsp3) is 0.647. The lowest BCUT2D eigenvalue weighted by Gasteiger charge is -2.15. The summed E-state index contributed by atoms with van der Waals surface area (Å²) in [5.74, 6) is 0.892. The largest absolute Gasteiger partial charge is 0.493 e. The molecule has 1 aromatic carbocycles. The Balaban J connectivity index is 1.82. The molecule has 1 unspecified atom stereocenters. The van der Waals surface area contributed by atoms with E-state index < -0.39 is 0 Å². The van der Waals surface area contributed by atoms with E-state index in [1.165, 1.54) is 12.8 Å². The van der Waals surface area contributed by atoms with Crippen LogP contribution in [0.2, 0.25) is 5.02 Å². The second-order valence-electron chi connectivity index (χ2n) is 5.88. The van der Waals surface area contributed by atoms with Crippen molar-refractivity contribution in [3.05, 3.63) is 28.8 Å². The summed E-state index contributed by atoms with van der Waals surface area (Å²) in [5.41, 5.74) is 1.05. The Morgan fingerprint density at radius 2 is 2.29 bits per heavy atom. The van der Waals surface area contributed by atoms with Crippen molar-refractivity contribution in [1.82, 2.24) is 5.32 Å². The predicted octanol–water partition coefficient (Wildman–Crippen LogP) is 4.18. The van der Waals surface area contributed by atoms with E-state index in [1.54, 1.807) is 0 Å². The quantitative estimate of drug-likeness (QED) is 0.731. The fourth-order valence-corrected chi connectivity index (χ4v) is 2.75. The molecule has 1 fully saturated rings. The minimum Gasteiger partial charge on any atom is -0.493 e. The zero-order valence-electron chi connectivity index (χ0n) is 13.0. The van der Waals surface area contributed by atoms with Gasteiger partial charge in [-0.2, -0.15) is 0 Å². The van der Waals surface area contributed by atoms with Gasteiger partial charge in [0.1, 0.15) is 5.75 Å². The highest BCUT2D eigenvalue weighted by atomic mass is 35.5. The molecule has 1 aliphatic heterocycles. The standard InChI is InChI=1S/C17H26ClNO2/c1-13(2)19-12-15-16(18)8-3-9-17(15)21-11-5-7-14-6-4-10-20-14/h3,8-9,13-14,19H,4-7,10-12H2,1-2H3. The lowest BCUT2D eigenvalue weighted by atomic mass is 10.1. The van der Waals surface area contributed by atoms with Gasteiger partial charge in [-0.05, 0) is 37.8 Å². The highest BCUT2D eigenvalue weighted by Gasteiger charge is 2.15. The van der Waals surface area contributed by atoms with E-state index in [4.69, 9.17) is 21.1 Å². The molecule has 0 radical (unpaired) electrons. The Hall–Kier alpha value is -0.770. The molecule has 1 saturated heterocycles. The van der Waals surface area contributed by atoms with Crippen molar-refractivity contribution in [1.29, 1.82) is 0 Å². The first-order valence-corrected chi connectivity index (χ1v) is 8.30. The smallest absolute Gasteiger partial charge is 0.125 e. The van der Waals surface area contributed by atoms with Crippen molar-refractivity contribution >= 4 is 11.6 Å². The molecule has 21 heavy (non-hydrogen) atoms. The van der Waals surface area contributed by atoms with Crippen molar-refractivity contribution in [2.75, 3.05) is 13.2 Å². The Morgan fingerprint density at radius 3 is 3.00 bits per heavy atom. The number of rotatable bonds is 8. The van der Waals surface area contributed by atoms with Crippen LogP contribution in [-0.4, -0.2) is 25.4 Å². The molecule has 4 heteroatoms. The highest BCUT2D eigenvalue weighted by Crippen LogP contribution is 2.27. The van der Waals surface area contributed by atoms with Crippen LogP contribution in [0.15, 0.2) is 18.2 Å². The van der Waals surface area contributed by atoms with Crippen LogP contribution < -0.4 is 10.1 Å². The number of hydrogen-bond acceptors (Lipinski definition) is 3. The molecule has 1 heterocycles. The van der Waals surface area contributed by atoms with Gasteiger partial charge in [0.25, 0.3) is 0 Å². The van der Waals surface area contributed by atoms with Gasteiger partial charge in [-0.15, -0.1) is 0 Å². The summed E-state index contributed by atoms with van der Waals surface area (Å²) < 4.78 is 11.6. The molecule has 2 rings (SSSR count). The van der Waals surface area contributed by atoms with E-state index in [9.17, 15) is 0 Å². The maximum atomic E-state index is 6.29. The zero-order chi connectivity index (χ0) is 15.1. The van der Waals surface area contributed by atoms with Gasteiger partial charge in [0.05, 0.1) is 12.7 Å². The second kappa shape index (κ2) is 8.62. The first kappa shape index (κ1) is 16.6. The average molecular weight is 312 g/mol. The molecule has 0 amide bonds. The summed E-state index contributed by atoms with van der Waals surface area (Å²) in [7, 11) is 0. The minimum atomic E-state index is 0.425. The van der Waals surface area contributed by atoms with Crippen LogP contribution in [0.1, 0.15) is 45.1 Å². The summed E-state index contributed by atoms with van der Waals surface area (Å²) >= 11 is 6.29. The van der Waals surface area contributed by atoms with Gasteiger partial charge in [-0.25, -0.2) is 0 Å². The Kier molecular flexibility index (Phi) is 6.81. The number of ether oxygens (including phenoxy) is 2. The first-order chi connectivity index (χ1) is 10.2. The summed E-state index contributed by atoms with van der Waals surface area (Å²) in [6.07, 6.45) is 4.94. The monoisotopic (exact) mass is 311 g/mol. The number of nitrogens with one attached hydrogen (secondary N) is 1. The molecule has 3 nitrogen and oxygen atoms in total. The van der Waals surface area contributed by atoms with Crippen molar-refractivity contribution in [2.24, 2.45) is 0 Å². The van der Waals surface area contributed by atoms with E-state index >= 15 is 0 Å². The van der Waals surface area contributed by atoms with E-state index in [-0.39, 0.29) is 0 Å². The third-order valence-electron chi connectivity index (χ3n) is 3.71. The second-order valence-corrected chi connectivity index (χ2v) is 6.29. The van der Waals surface area contributed by atoms with Crippen molar-refractivity contribution in [2.45, 2.75) is 58.2 Å². The molecule has 0 bridgehead atoms. The molecule has 1 aliphatic rings. The van der Waals surface area contributed by atoms with Gasteiger partial charge < -0.3 is 14.8 Å². The molecular weight excluding hydrogens is 286 g/mol. The summed E-state index contributed by atoms with van der Waals surface area (Å²) in [5, 5.41) is 4.16. The zero-order valence-corrected chi connectivity index (χ0v) is 13.8. The van der Waals surface area contributed by atoms with E-state index in [1.807, 2.05) is 18.2 Å². The minimum absolute atomic E-state index is 0.425. The van der Waals surface area contributed by atoms with Gasteiger partial charge in [0.2, 0.25) is 0 Å². The lowest BCUT2D eigenvalue weighted by Crippen LogP contribution is -2.22. The number of benzene rings is 1. The molecule has 1 N–H and O–H groups in total. The molecular formula is C17H26ClNO2. The van der Waals surface area contributed by atoms with E-state index in [0.29, 0.717) is 12.1 Å². The van der Waals surface area contributed by atoms with Crippen LogP contribution in [0.3, 0.4) is 0 Å². The maximum Gasteiger partial charge on any atom is 0.125 e. The van der Waals surface area contributed by atoms with Crippen molar-refractivity contribution in [3.8, 4) is 5.75 Å². The maximum absolute atomic E-state index is 6.29. The highest BCUT2D eigenvalue weighted by molar-refractivity contribution is 6.31. The molecule has 1 aromatic rings. The molecule has 0 aromatic heterocycles. The topological polar surface area (TPSA) is 30.5 Å². The van der Waals surface area contributed by atoms with Gasteiger partial charge in [-0.3, -0.25) is 0 Å². The fourth-order valence-electron chi connectivity index (χ4n) is 2.52. The Labute approximate surface area is 133 Å². The van der Waals surface area contributed by atoms with Crippen molar-refractivity contribution < 1.29 is 9.47 Å². The Bertz CT molecular complexity index is 431. The van der Waals surface area contributed by atoms with Crippen LogP contribution in [0, 0.1) is 0 Å². The van der Waals surface area contributed by atoms with Gasteiger partial charge in [0, 0.05) is 29.8 Å². The normalized spacial score (nSPS) is 18.4. The number of halogens is 1. The summed E-state index contributed by atoms with van der Waals surface area (Å²) in [6.45, 7) is 6.62. The van der Waals surface area contributed by atoms with Crippen LogP contribution in [0.4, 0.5) is 0 Å². The third kappa shape index (κ3) is 5.50. The SMILES string of the molecule is CC(C)NCc1c(Cl)cccc1OCCCC1CCCO1. The van der Waals surface area contributed by atoms with E-state index in [2.05, 4.69) is 19.2 Å². The van der Waals surface area contributed by atoms with E-state index in [0.717, 1.165) is 48.9 Å². The lowest BCUT2D eigenvalue weighted by molar-refractivity contribution is 0.0981. The van der Waals surface area contributed by atoms with Crippen molar-refractivity contribution in [3.63, 3.8) is 0 Å². The van der Waals surface area contributed by atoms with Gasteiger partial charge in [-0.1, -0.05) is 31.5 Å². The first-order valence-electron chi connectivity index (χ1n) is 7.92. The van der Waals surface area contributed by atoms with Crippen LogP contribution in [0.25, 0.3) is 0 Å². The van der Waals surface area contributed by atoms with Gasteiger partial charge in [0.15, 0.2) is 0 Å². The molecule has 118 valence electrons. The van der Waals surface area contributed by atoms with Crippen LogP contribution in [-0.2, 0) is 11.3 Å². The summed E-state index contributed by atoms with van der Waals surface area (Å²) in [4.78, 5) is 0. The molecule has 0 spiro atoms. The number of hydrogen-bond donors (Lipinski definition) is 1. The average Bonchev–Trinajstić information content (AvgIpc) is 2.95. The predicted molar refractivity (Wildman–Crippen MR) is 87.1 cm³/mol. The summed E-state index contributed by atoms with van der Waals surface area (Å²) in [6, 6.07) is 6.28. The third-order valence-corrected chi connectivity index (χ3v) is 4.07. The Morgan fingerprint density at radius 1 is 1.43 bits per heavy atom. The van der Waals surface area contributed by atoms with Crippen LogP contribution in [0.5, 0.6) is 5.75 Å².